The number of rotatable bonds is 15. The predicted octanol–water partition coefficient (Wildman–Crippen LogP) is 8.40. The zero-order chi connectivity index (χ0) is 26.5. The Kier molecular flexibility index (Phi) is 12.1. The van der Waals surface area contributed by atoms with Crippen molar-refractivity contribution < 1.29 is 9.05 Å². The van der Waals surface area contributed by atoms with Gasteiger partial charge in [0.15, 0.2) is 0 Å². The lowest BCUT2D eigenvalue weighted by molar-refractivity contribution is 0.179. The van der Waals surface area contributed by atoms with E-state index in [1.807, 2.05) is 11.8 Å². The quantitative estimate of drug-likeness (QED) is 0.0846. The summed E-state index contributed by atoms with van der Waals surface area (Å²) in [6.07, 6.45) is 0.897. The molecular weight excluding hydrogens is 495 g/mol. The van der Waals surface area contributed by atoms with E-state index in [-0.39, 0.29) is 4.75 Å². The van der Waals surface area contributed by atoms with Crippen molar-refractivity contribution in [2.24, 2.45) is 0 Å². The number of hydrogen-bond acceptors (Lipinski definition) is 4. The summed E-state index contributed by atoms with van der Waals surface area (Å²) in [7, 11) is -1.21. The zero-order valence-corrected chi connectivity index (χ0v) is 24.1. The highest BCUT2D eigenvalue weighted by Crippen LogP contribution is 2.49. The van der Waals surface area contributed by atoms with Gasteiger partial charge in [-0.05, 0) is 56.6 Å². The lowest BCUT2D eigenvalue weighted by Crippen LogP contribution is -2.33. The first kappa shape index (κ1) is 29.4. The smallest absolute Gasteiger partial charge is 0.259 e. The average molecular weight is 535 g/mol. The lowest BCUT2D eigenvalue weighted by Gasteiger charge is -2.36. The molecule has 1 unspecified atom stereocenters. The van der Waals surface area contributed by atoms with Crippen LogP contribution in [0.3, 0.4) is 0 Å². The molecule has 0 aromatic heterocycles. The Hall–Kier alpha value is -2.19. The van der Waals surface area contributed by atoms with E-state index in [1.54, 1.807) is 0 Å². The Morgan fingerprint density at radius 3 is 1.59 bits per heavy atom. The SMILES string of the molecule is [C-]#[N+]CCOP(OCCCSC(c1ccccc1)(c1ccccc1)c1ccccc1)N(C(C)C)C(C)C. The van der Waals surface area contributed by atoms with Gasteiger partial charge >= 0.3 is 0 Å². The topological polar surface area (TPSA) is 26.1 Å². The largest absolute Gasteiger partial charge is 0.322 e. The highest BCUT2D eigenvalue weighted by Gasteiger charge is 2.36. The molecule has 1 atom stereocenters. The van der Waals surface area contributed by atoms with Gasteiger partial charge in [0.1, 0.15) is 6.61 Å². The maximum Gasteiger partial charge on any atom is 0.259 e. The minimum atomic E-state index is -1.21. The minimum Gasteiger partial charge on any atom is -0.322 e. The summed E-state index contributed by atoms with van der Waals surface area (Å²) < 4.78 is 14.4. The molecule has 37 heavy (non-hydrogen) atoms. The summed E-state index contributed by atoms with van der Waals surface area (Å²) in [5.74, 6) is 0.924. The van der Waals surface area contributed by atoms with Gasteiger partial charge in [0.05, 0.1) is 11.4 Å². The Bertz CT molecular complexity index is 970. The molecule has 0 aliphatic heterocycles. The molecule has 0 bridgehead atoms. The molecule has 196 valence electrons. The second-order valence-corrected chi connectivity index (χ2v) is 12.1. The fraction of sp³-hybridized carbons (Fsp3) is 0.387. The standard InChI is InChI=1S/C31H39N2O2PS/c1-26(2)33(27(3)4)36(35-24-22-32-5)34-23-15-25-37-31(28-16-9-6-10-17-28,29-18-11-7-12-19-29)30-20-13-8-14-21-30/h6-14,16-21,26-27H,15,22-25H2,1-4H3. The molecule has 6 heteroatoms. The Morgan fingerprint density at radius 2 is 1.19 bits per heavy atom. The van der Waals surface area contributed by atoms with Crippen LogP contribution in [-0.4, -0.2) is 42.3 Å². The van der Waals surface area contributed by atoms with Crippen LogP contribution in [0.5, 0.6) is 0 Å². The van der Waals surface area contributed by atoms with Crippen LogP contribution >= 0.6 is 20.3 Å². The van der Waals surface area contributed by atoms with Crippen molar-refractivity contribution in [2.75, 3.05) is 25.5 Å². The molecule has 0 saturated heterocycles. The molecule has 0 aliphatic carbocycles. The average Bonchev–Trinajstić information content (AvgIpc) is 2.92. The van der Waals surface area contributed by atoms with E-state index < -0.39 is 8.53 Å². The fourth-order valence-corrected chi connectivity index (χ4v) is 7.60. The molecule has 3 rings (SSSR count). The fourth-order valence-electron chi connectivity index (χ4n) is 4.50. The van der Waals surface area contributed by atoms with Crippen LogP contribution in [0.25, 0.3) is 4.85 Å². The molecule has 4 nitrogen and oxygen atoms in total. The first-order valence-corrected chi connectivity index (χ1v) is 15.1. The third kappa shape index (κ3) is 7.90. The lowest BCUT2D eigenvalue weighted by atomic mass is 9.84. The van der Waals surface area contributed by atoms with E-state index in [0.717, 1.165) is 12.2 Å². The van der Waals surface area contributed by atoms with Crippen LogP contribution in [0.4, 0.5) is 0 Å². The number of thioether (sulfide) groups is 1. The van der Waals surface area contributed by atoms with E-state index in [2.05, 4.69) is 128 Å². The summed E-state index contributed by atoms with van der Waals surface area (Å²) in [6, 6.07) is 33.0. The van der Waals surface area contributed by atoms with Crippen LogP contribution < -0.4 is 0 Å². The van der Waals surface area contributed by atoms with Crippen molar-refractivity contribution in [2.45, 2.75) is 50.9 Å². The number of benzene rings is 3. The third-order valence-electron chi connectivity index (χ3n) is 6.00. The van der Waals surface area contributed by atoms with Crippen molar-refractivity contribution >= 4 is 20.3 Å². The van der Waals surface area contributed by atoms with E-state index in [0.29, 0.717) is 31.8 Å². The highest BCUT2D eigenvalue weighted by atomic mass is 32.2. The summed E-state index contributed by atoms with van der Waals surface area (Å²) in [5.41, 5.74) is 3.82. The monoisotopic (exact) mass is 534 g/mol. The molecule has 0 radical (unpaired) electrons. The van der Waals surface area contributed by atoms with E-state index in [1.165, 1.54) is 16.7 Å². The molecule has 3 aromatic rings. The van der Waals surface area contributed by atoms with Crippen LogP contribution in [0.1, 0.15) is 50.8 Å². The van der Waals surface area contributed by atoms with Crippen LogP contribution in [-0.2, 0) is 13.8 Å². The summed E-state index contributed by atoms with van der Waals surface area (Å²) in [4.78, 5) is 3.44. The molecule has 3 aromatic carbocycles. The highest BCUT2D eigenvalue weighted by molar-refractivity contribution is 8.00. The van der Waals surface area contributed by atoms with Gasteiger partial charge in [0.25, 0.3) is 8.53 Å². The summed E-state index contributed by atoms with van der Waals surface area (Å²) in [5, 5.41) is 0. The summed E-state index contributed by atoms with van der Waals surface area (Å²) >= 11 is 1.96. The predicted molar refractivity (Wildman–Crippen MR) is 159 cm³/mol. The molecule has 0 amide bonds. The Labute approximate surface area is 229 Å². The second-order valence-electron chi connectivity index (χ2n) is 9.33. The Morgan fingerprint density at radius 1 is 0.757 bits per heavy atom. The van der Waals surface area contributed by atoms with E-state index in [4.69, 9.17) is 15.6 Å². The van der Waals surface area contributed by atoms with Gasteiger partial charge in [0.2, 0.25) is 6.54 Å². The van der Waals surface area contributed by atoms with Gasteiger partial charge in [0, 0.05) is 12.1 Å². The van der Waals surface area contributed by atoms with Crippen molar-refractivity contribution in [3.63, 3.8) is 0 Å². The number of nitrogens with zero attached hydrogens (tertiary/aromatic N) is 2. The van der Waals surface area contributed by atoms with Gasteiger partial charge in [-0.3, -0.25) is 0 Å². The summed E-state index contributed by atoms with van der Waals surface area (Å²) in [6.45, 7) is 17.1. The number of hydrogen-bond donors (Lipinski definition) is 0. The molecule has 0 fully saturated rings. The third-order valence-corrected chi connectivity index (χ3v) is 9.74. The molecule has 0 N–H and O–H groups in total. The van der Waals surface area contributed by atoms with E-state index in [9.17, 15) is 0 Å². The van der Waals surface area contributed by atoms with Gasteiger partial charge in [-0.25, -0.2) is 11.2 Å². The van der Waals surface area contributed by atoms with Crippen LogP contribution in [0.2, 0.25) is 0 Å². The maximum atomic E-state index is 7.08. The van der Waals surface area contributed by atoms with Gasteiger partial charge in [-0.1, -0.05) is 91.0 Å². The molecule has 0 saturated carbocycles. The second kappa shape index (κ2) is 15.3. The molecule has 0 aliphatic rings. The first-order chi connectivity index (χ1) is 18.0. The van der Waals surface area contributed by atoms with Crippen molar-refractivity contribution in [1.82, 2.24) is 4.67 Å². The van der Waals surface area contributed by atoms with Gasteiger partial charge in [-0.15, -0.1) is 11.8 Å². The van der Waals surface area contributed by atoms with Crippen molar-refractivity contribution in [1.29, 1.82) is 0 Å². The maximum absolute atomic E-state index is 7.08. The van der Waals surface area contributed by atoms with Crippen LogP contribution in [0.15, 0.2) is 91.0 Å². The molecular formula is C31H39N2O2PS. The van der Waals surface area contributed by atoms with Crippen molar-refractivity contribution in [3.05, 3.63) is 119 Å². The normalized spacial score (nSPS) is 12.7. The molecule has 0 heterocycles. The zero-order valence-electron chi connectivity index (χ0n) is 22.4. The van der Waals surface area contributed by atoms with Crippen LogP contribution in [0, 0.1) is 6.57 Å². The van der Waals surface area contributed by atoms with Crippen molar-refractivity contribution in [3.8, 4) is 0 Å². The first-order valence-electron chi connectivity index (χ1n) is 13.0. The Balaban J connectivity index is 1.79. The van der Waals surface area contributed by atoms with Gasteiger partial charge in [-0.2, -0.15) is 0 Å². The molecule has 0 spiro atoms. The van der Waals surface area contributed by atoms with E-state index >= 15 is 0 Å². The minimum absolute atomic E-state index is 0.301. The van der Waals surface area contributed by atoms with Gasteiger partial charge < -0.3 is 13.9 Å².